The van der Waals surface area contributed by atoms with Crippen LogP contribution in [0.25, 0.3) is 16.7 Å². The standard InChI is InChI=1S/C24H23Cl2N7O3/c25-15-4-3-5-16(26)20(15)33-13-28-19(22(27)34)21(33)23(35)31-24-29-17-7-6-14(12-18(17)30-24)36-11-10-32-8-1-2-9-32/h3-7,12-13H,1-2,8-11H2,(H2,27,34)(H2,29,30,31,35). The number of rotatable bonds is 8. The first-order valence-electron chi connectivity index (χ1n) is 11.4. The number of aromatic amines is 1. The summed E-state index contributed by atoms with van der Waals surface area (Å²) in [6.45, 7) is 3.71. The second kappa shape index (κ2) is 10.2. The molecule has 0 spiro atoms. The van der Waals surface area contributed by atoms with E-state index in [1.165, 1.54) is 23.7 Å². The van der Waals surface area contributed by atoms with Gasteiger partial charge in [-0.3, -0.25) is 24.4 Å². The number of anilines is 1. The lowest BCUT2D eigenvalue weighted by Gasteiger charge is -2.14. The summed E-state index contributed by atoms with van der Waals surface area (Å²) in [7, 11) is 0. The van der Waals surface area contributed by atoms with Gasteiger partial charge in [-0.25, -0.2) is 9.97 Å². The Morgan fingerprint density at radius 2 is 1.89 bits per heavy atom. The van der Waals surface area contributed by atoms with Gasteiger partial charge in [-0.2, -0.15) is 0 Å². The lowest BCUT2D eigenvalue weighted by Crippen LogP contribution is -2.25. The van der Waals surface area contributed by atoms with Crippen LogP contribution >= 0.6 is 23.2 Å². The van der Waals surface area contributed by atoms with Gasteiger partial charge in [0.1, 0.15) is 24.4 Å². The van der Waals surface area contributed by atoms with Crippen LogP contribution in [0.15, 0.2) is 42.7 Å². The Hall–Kier alpha value is -3.60. The Bertz CT molecular complexity index is 1420. The summed E-state index contributed by atoms with van der Waals surface area (Å²) >= 11 is 12.6. The zero-order valence-electron chi connectivity index (χ0n) is 19.1. The number of nitrogens with zero attached hydrogens (tertiary/aromatic N) is 4. The van der Waals surface area contributed by atoms with Crippen molar-refractivity contribution >= 4 is 52.0 Å². The number of likely N-dealkylation sites (tertiary alicyclic amines) is 1. The third-order valence-corrected chi connectivity index (χ3v) is 6.56. The van der Waals surface area contributed by atoms with Crippen molar-refractivity contribution in [2.24, 2.45) is 5.73 Å². The Morgan fingerprint density at radius 1 is 1.14 bits per heavy atom. The molecule has 2 aromatic heterocycles. The van der Waals surface area contributed by atoms with Crippen molar-refractivity contribution in [1.29, 1.82) is 0 Å². The first-order valence-corrected chi connectivity index (χ1v) is 12.1. The summed E-state index contributed by atoms with van der Waals surface area (Å²) in [4.78, 5) is 39.1. The molecule has 1 fully saturated rings. The van der Waals surface area contributed by atoms with E-state index in [9.17, 15) is 9.59 Å². The number of H-pyrrole nitrogens is 1. The number of imidazole rings is 2. The van der Waals surface area contributed by atoms with Gasteiger partial charge in [-0.1, -0.05) is 29.3 Å². The molecule has 4 aromatic rings. The second-order valence-electron chi connectivity index (χ2n) is 8.36. The molecule has 2 amide bonds. The predicted molar refractivity (Wildman–Crippen MR) is 137 cm³/mol. The molecule has 1 saturated heterocycles. The van der Waals surface area contributed by atoms with Crippen LogP contribution in [0.3, 0.4) is 0 Å². The van der Waals surface area contributed by atoms with E-state index in [-0.39, 0.29) is 27.4 Å². The number of nitrogens with two attached hydrogens (primary N) is 1. The molecule has 0 bridgehead atoms. The van der Waals surface area contributed by atoms with Gasteiger partial charge in [0.05, 0.1) is 26.8 Å². The number of ether oxygens (including phenoxy) is 1. The molecule has 0 radical (unpaired) electrons. The molecular weight excluding hydrogens is 505 g/mol. The third kappa shape index (κ3) is 4.88. The van der Waals surface area contributed by atoms with E-state index in [4.69, 9.17) is 33.7 Å². The highest BCUT2D eigenvalue weighted by Gasteiger charge is 2.26. The summed E-state index contributed by atoms with van der Waals surface area (Å²) in [5, 5.41) is 3.21. The summed E-state index contributed by atoms with van der Waals surface area (Å²) < 4.78 is 7.22. The van der Waals surface area contributed by atoms with Crippen molar-refractivity contribution in [3.8, 4) is 11.4 Å². The average molecular weight is 528 g/mol. The molecule has 3 heterocycles. The number of carbonyl (C=O) groups excluding carboxylic acids is 2. The zero-order chi connectivity index (χ0) is 25.2. The SMILES string of the molecule is NC(=O)c1ncn(-c2c(Cl)cccc2Cl)c1C(=O)Nc1nc2ccc(OCCN3CCCC3)cc2[nH]1. The number of amides is 2. The molecule has 0 aliphatic carbocycles. The minimum absolute atomic E-state index is 0.121. The van der Waals surface area contributed by atoms with Crippen LogP contribution in [-0.2, 0) is 0 Å². The van der Waals surface area contributed by atoms with Crippen molar-refractivity contribution in [2.75, 3.05) is 31.6 Å². The highest BCUT2D eigenvalue weighted by atomic mass is 35.5. The molecule has 0 saturated carbocycles. The third-order valence-electron chi connectivity index (χ3n) is 5.95. The van der Waals surface area contributed by atoms with E-state index in [0.717, 1.165) is 19.6 Å². The first-order chi connectivity index (χ1) is 17.4. The molecule has 10 nitrogen and oxygen atoms in total. The predicted octanol–water partition coefficient (Wildman–Crippen LogP) is 3.88. The summed E-state index contributed by atoms with van der Waals surface area (Å²) in [5.74, 6) is -0.663. The number of para-hydroxylation sites is 1. The molecular formula is C24H23Cl2N7O3. The van der Waals surface area contributed by atoms with Crippen molar-refractivity contribution in [3.63, 3.8) is 0 Å². The van der Waals surface area contributed by atoms with Gasteiger partial charge in [0.2, 0.25) is 5.95 Å². The first kappa shape index (κ1) is 24.1. The molecule has 0 atom stereocenters. The van der Waals surface area contributed by atoms with Crippen molar-refractivity contribution in [1.82, 2.24) is 24.4 Å². The molecule has 4 N–H and O–H groups in total. The number of nitrogens with one attached hydrogen (secondary N) is 2. The Balaban J connectivity index is 1.37. The van der Waals surface area contributed by atoms with E-state index in [0.29, 0.717) is 29.1 Å². The number of fused-ring (bicyclic) bond motifs is 1. The molecule has 1 aliphatic heterocycles. The van der Waals surface area contributed by atoms with Crippen molar-refractivity contribution in [3.05, 3.63) is 64.2 Å². The number of primary amides is 1. The summed E-state index contributed by atoms with van der Waals surface area (Å²) in [6, 6.07) is 10.3. The van der Waals surface area contributed by atoms with Crippen LogP contribution in [0, 0.1) is 0 Å². The van der Waals surface area contributed by atoms with Gasteiger partial charge in [0.25, 0.3) is 11.8 Å². The van der Waals surface area contributed by atoms with Crippen LogP contribution in [0.2, 0.25) is 10.0 Å². The highest BCUT2D eigenvalue weighted by Crippen LogP contribution is 2.30. The van der Waals surface area contributed by atoms with E-state index in [1.807, 2.05) is 12.1 Å². The fourth-order valence-corrected chi connectivity index (χ4v) is 4.82. The van der Waals surface area contributed by atoms with Gasteiger partial charge in [-0.05, 0) is 50.2 Å². The number of carbonyl (C=O) groups is 2. The topological polar surface area (TPSA) is 131 Å². The number of benzene rings is 2. The van der Waals surface area contributed by atoms with Crippen LogP contribution in [0.4, 0.5) is 5.95 Å². The minimum atomic E-state index is -0.873. The number of aromatic nitrogens is 4. The maximum absolute atomic E-state index is 13.3. The van der Waals surface area contributed by atoms with Gasteiger partial charge < -0.3 is 15.5 Å². The molecule has 0 unspecified atom stereocenters. The average Bonchev–Trinajstić information content (AvgIpc) is 3.58. The monoisotopic (exact) mass is 527 g/mol. The Morgan fingerprint density at radius 3 is 2.61 bits per heavy atom. The number of hydrogen-bond acceptors (Lipinski definition) is 6. The van der Waals surface area contributed by atoms with Gasteiger partial charge in [0.15, 0.2) is 5.69 Å². The van der Waals surface area contributed by atoms with E-state index >= 15 is 0 Å². The molecule has 2 aromatic carbocycles. The zero-order valence-corrected chi connectivity index (χ0v) is 20.6. The van der Waals surface area contributed by atoms with Crippen LogP contribution < -0.4 is 15.8 Å². The maximum Gasteiger partial charge on any atom is 0.277 e. The molecule has 1 aliphatic rings. The molecule has 12 heteroatoms. The lowest BCUT2D eigenvalue weighted by molar-refractivity contribution is 0.0970. The highest BCUT2D eigenvalue weighted by molar-refractivity contribution is 6.37. The van der Waals surface area contributed by atoms with Gasteiger partial charge in [0, 0.05) is 12.6 Å². The van der Waals surface area contributed by atoms with E-state index in [1.54, 1.807) is 24.3 Å². The van der Waals surface area contributed by atoms with Crippen molar-refractivity contribution < 1.29 is 14.3 Å². The largest absolute Gasteiger partial charge is 0.492 e. The molecule has 186 valence electrons. The van der Waals surface area contributed by atoms with Crippen LogP contribution in [0.1, 0.15) is 33.8 Å². The molecule has 36 heavy (non-hydrogen) atoms. The maximum atomic E-state index is 13.3. The minimum Gasteiger partial charge on any atom is -0.492 e. The smallest absolute Gasteiger partial charge is 0.277 e. The van der Waals surface area contributed by atoms with Gasteiger partial charge in [-0.15, -0.1) is 0 Å². The second-order valence-corrected chi connectivity index (χ2v) is 9.18. The van der Waals surface area contributed by atoms with Crippen LogP contribution in [0.5, 0.6) is 5.75 Å². The number of hydrogen-bond donors (Lipinski definition) is 3. The van der Waals surface area contributed by atoms with Crippen molar-refractivity contribution in [2.45, 2.75) is 12.8 Å². The normalized spacial score (nSPS) is 13.8. The van der Waals surface area contributed by atoms with Crippen LogP contribution in [-0.4, -0.2) is 62.5 Å². The number of halogens is 2. The lowest BCUT2D eigenvalue weighted by atomic mass is 10.2. The Kier molecular flexibility index (Phi) is 6.82. The quantitative estimate of drug-likeness (QED) is 0.318. The fourth-order valence-electron chi connectivity index (χ4n) is 4.24. The molecule has 5 rings (SSSR count). The fraction of sp³-hybridized carbons (Fsp3) is 0.250. The van der Waals surface area contributed by atoms with E-state index in [2.05, 4.69) is 25.2 Å². The van der Waals surface area contributed by atoms with E-state index < -0.39 is 11.8 Å². The van der Waals surface area contributed by atoms with Gasteiger partial charge >= 0.3 is 0 Å². The summed E-state index contributed by atoms with van der Waals surface area (Å²) in [6.07, 6.45) is 3.75. The Labute approximate surface area is 216 Å². The summed E-state index contributed by atoms with van der Waals surface area (Å²) in [5.41, 5.74) is 6.73.